The van der Waals surface area contributed by atoms with Crippen LogP contribution in [-0.2, 0) is 0 Å². The summed E-state index contributed by atoms with van der Waals surface area (Å²) in [4.78, 5) is 13.2. The average Bonchev–Trinajstić information content (AvgIpc) is 2.61. The van der Waals surface area contributed by atoms with Crippen LogP contribution in [0.4, 0.5) is 0 Å². The molecule has 0 saturated carbocycles. The summed E-state index contributed by atoms with van der Waals surface area (Å²) in [6.07, 6.45) is 0. The first-order chi connectivity index (χ1) is 12.4. The Hall–Kier alpha value is -1.24. The lowest BCUT2D eigenvalue weighted by atomic mass is 10.0. The van der Waals surface area contributed by atoms with Gasteiger partial charge in [0.1, 0.15) is 0 Å². The molecule has 0 bridgehead atoms. The lowest BCUT2D eigenvalue weighted by Gasteiger charge is -2.20. The van der Waals surface area contributed by atoms with E-state index in [1.54, 1.807) is 0 Å². The number of carbonyl (C=O) groups excluding carboxylic acids is 1. The molecule has 0 radical (unpaired) electrons. The summed E-state index contributed by atoms with van der Waals surface area (Å²) >= 11 is 3.14. The van der Waals surface area contributed by atoms with Crippen molar-refractivity contribution in [3.63, 3.8) is 0 Å². The first kappa shape index (κ1) is 19.5. The van der Waals surface area contributed by atoms with Gasteiger partial charge in [0, 0.05) is 20.8 Å². The number of ketones is 1. The molecule has 0 aliphatic rings. The molecule has 0 unspecified atom stereocenters. The van der Waals surface area contributed by atoms with Crippen molar-refractivity contribution in [3.8, 4) is 0 Å². The maximum atomic E-state index is 13.2. The zero-order valence-corrected chi connectivity index (χ0v) is 19.8. The molecule has 3 aromatic rings. The standard InChI is InChI=1S/C22H21BrIOSi/c1-26(2,3)22-19(21(25)16-12-14-17(23)15-13-16)10-7-11-20(22)24-18-8-5-4-6-9-18/h4-15H,1-3H3/q+1. The van der Waals surface area contributed by atoms with E-state index in [1.807, 2.05) is 36.4 Å². The zero-order chi connectivity index (χ0) is 18.7. The molecule has 0 saturated heterocycles. The maximum absolute atomic E-state index is 13.2. The number of hydrogen-bond acceptors (Lipinski definition) is 1. The highest BCUT2D eigenvalue weighted by molar-refractivity contribution is 9.10. The molecular weight excluding hydrogens is 515 g/mol. The van der Waals surface area contributed by atoms with E-state index < -0.39 is 8.07 Å². The fourth-order valence-corrected chi connectivity index (χ4v) is 10.1. The molecule has 3 aromatic carbocycles. The van der Waals surface area contributed by atoms with Crippen LogP contribution in [0, 0.1) is 7.14 Å². The molecule has 0 spiro atoms. The van der Waals surface area contributed by atoms with Gasteiger partial charge in [0.2, 0.25) is 0 Å². The first-order valence-electron chi connectivity index (χ1n) is 8.50. The highest BCUT2D eigenvalue weighted by atomic mass is 127. The third-order valence-corrected chi connectivity index (χ3v) is 9.96. The Bertz CT molecular complexity index is 915. The largest absolute Gasteiger partial charge is 0.357 e. The molecule has 1 nitrogen and oxygen atoms in total. The monoisotopic (exact) mass is 535 g/mol. The molecule has 0 N–H and O–H groups in total. The Kier molecular flexibility index (Phi) is 6.15. The van der Waals surface area contributed by atoms with E-state index >= 15 is 0 Å². The topological polar surface area (TPSA) is 17.1 Å². The highest BCUT2D eigenvalue weighted by Gasteiger charge is 2.33. The second-order valence-corrected chi connectivity index (χ2v) is 16.0. The molecule has 0 aliphatic heterocycles. The molecule has 0 aromatic heterocycles. The third kappa shape index (κ3) is 4.53. The number of rotatable bonds is 5. The predicted molar refractivity (Wildman–Crippen MR) is 111 cm³/mol. The van der Waals surface area contributed by atoms with Crippen molar-refractivity contribution >= 4 is 35.0 Å². The fourth-order valence-electron chi connectivity index (χ4n) is 2.91. The molecule has 3 rings (SSSR count). The Labute approximate surface area is 175 Å². The van der Waals surface area contributed by atoms with Gasteiger partial charge in [0.05, 0.1) is 8.07 Å². The van der Waals surface area contributed by atoms with E-state index in [9.17, 15) is 4.79 Å². The molecule has 132 valence electrons. The maximum Gasteiger partial charge on any atom is 0.357 e. The van der Waals surface area contributed by atoms with Crippen LogP contribution in [-0.4, -0.2) is 13.9 Å². The third-order valence-electron chi connectivity index (χ3n) is 4.06. The van der Waals surface area contributed by atoms with Crippen molar-refractivity contribution in [2.75, 3.05) is 0 Å². The molecular formula is C22H21BrIOSi+. The molecule has 4 heteroatoms. The van der Waals surface area contributed by atoms with Gasteiger partial charge in [0.15, 0.2) is 12.9 Å². The predicted octanol–water partition coefficient (Wildman–Crippen LogP) is 2.35. The van der Waals surface area contributed by atoms with E-state index in [4.69, 9.17) is 0 Å². The molecule has 0 heterocycles. The Balaban J connectivity index is 2.09. The molecule has 0 fully saturated rings. The van der Waals surface area contributed by atoms with Crippen LogP contribution in [0.15, 0.2) is 77.3 Å². The summed E-state index contributed by atoms with van der Waals surface area (Å²) in [5.74, 6) is 0.133. The van der Waals surface area contributed by atoms with Gasteiger partial charge in [-0.1, -0.05) is 65.9 Å². The van der Waals surface area contributed by atoms with Gasteiger partial charge in [-0.25, -0.2) is 0 Å². The SMILES string of the molecule is C[Si](C)(C)c1c([I+]c2ccccc2)cccc1C(=O)c1ccc(Br)cc1. The van der Waals surface area contributed by atoms with E-state index in [-0.39, 0.29) is 27.0 Å². The summed E-state index contributed by atoms with van der Waals surface area (Å²) in [7, 11) is -1.69. The van der Waals surface area contributed by atoms with Crippen LogP contribution in [0.25, 0.3) is 0 Å². The Morgan fingerprint density at radius 1 is 0.846 bits per heavy atom. The number of benzene rings is 3. The Morgan fingerprint density at radius 3 is 2.12 bits per heavy atom. The van der Waals surface area contributed by atoms with Gasteiger partial charge < -0.3 is 0 Å². The fraction of sp³-hybridized carbons (Fsp3) is 0.136. The molecule has 0 amide bonds. The van der Waals surface area contributed by atoms with Crippen LogP contribution >= 0.6 is 15.9 Å². The minimum Gasteiger partial charge on any atom is -0.289 e. The van der Waals surface area contributed by atoms with Crippen molar-refractivity contribution < 1.29 is 26.0 Å². The van der Waals surface area contributed by atoms with Crippen LogP contribution in [0.2, 0.25) is 19.6 Å². The first-order valence-corrected chi connectivity index (χ1v) is 14.9. The van der Waals surface area contributed by atoms with Gasteiger partial charge in [-0.15, -0.1) is 0 Å². The summed E-state index contributed by atoms with van der Waals surface area (Å²) in [6, 6.07) is 24.6. The van der Waals surface area contributed by atoms with Gasteiger partial charge in [-0.3, -0.25) is 4.79 Å². The lowest BCUT2D eigenvalue weighted by molar-refractivity contribution is -0.596. The smallest absolute Gasteiger partial charge is 0.289 e. The number of hydrogen-bond donors (Lipinski definition) is 0. The van der Waals surface area contributed by atoms with Crippen LogP contribution in [0.5, 0.6) is 0 Å². The normalized spacial score (nSPS) is 11.4. The summed E-state index contributed by atoms with van der Waals surface area (Å²) in [6.45, 7) is 7.00. The van der Waals surface area contributed by atoms with Crippen LogP contribution < -0.4 is 26.4 Å². The van der Waals surface area contributed by atoms with E-state index in [2.05, 4.69) is 72.0 Å². The molecule has 0 aliphatic carbocycles. The zero-order valence-electron chi connectivity index (χ0n) is 15.1. The molecule has 0 atom stereocenters. The van der Waals surface area contributed by atoms with Gasteiger partial charge >= 0.3 is 21.2 Å². The second-order valence-electron chi connectivity index (χ2n) is 7.14. The minimum atomic E-state index is -1.69. The van der Waals surface area contributed by atoms with Gasteiger partial charge in [0.25, 0.3) is 0 Å². The molecule has 26 heavy (non-hydrogen) atoms. The van der Waals surface area contributed by atoms with Crippen molar-refractivity contribution in [1.29, 1.82) is 0 Å². The van der Waals surface area contributed by atoms with E-state index in [0.29, 0.717) is 0 Å². The Morgan fingerprint density at radius 2 is 1.50 bits per heavy atom. The minimum absolute atomic E-state index is 0.133. The van der Waals surface area contributed by atoms with Gasteiger partial charge in [-0.2, -0.15) is 0 Å². The van der Waals surface area contributed by atoms with Crippen molar-refractivity contribution in [2.24, 2.45) is 0 Å². The quantitative estimate of drug-likeness (QED) is 0.278. The summed E-state index contributed by atoms with van der Waals surface area (Å²) in [5, 5.41) is 1.32. The lowest BCUT2D eigenvalue weighted by Crippen LogP contribution is -3.62. The van der Waals surface area contributed by atoms with Crippen LogP contribution in [0.3, 0.4) is 0 Å². The van der Waals surface area contributed by atoms with Crippen molar-refractivity contribution in [1.82, 2.24) is 0 Å². The van der Waals surface area contributed by atoms with E-state index in [0.717, 1.165) is 15.6 Å². The second kappa shape index (κ2) is 8.19. The average molecular weight is 536 g/mol. The summed E-state index contributed by atoms with van der Waals surface area (Å²) < 4.78 is 3.76. The number of halogens is 2. The van der Waals surface area contributed by atoms with Crippen molar-refractivity contribution in [3.05, 3.63) is 95.5 Å². The van der Waals surface area contributed by atoms with Gasteiger partial charge in [-0.05, 0) is 42.5 Å². The van der Waals surface area contributed by atoms with Crippen molar-refractivity contribution in [2.45, 2.75) is 19.6 Å². The highest BCUT2D eigenvalue weighted by Crippen LogP contribution is 2.16. The summed E-state index contributed by atoms with van der Waals surface area (Å²) in [5.41, 5.74) is 1.64. The van der Waals surface area contributed by atoms with E-state index in [1.165, 1.54) is 12.3 Å². The van der Waals surface area contributed by atoms with Crippen LogP contribution in [0.1, 0.15) is 15.9 Å². The number of carbonyl (C=O) groups is 1.